The fourth-order valence-corrected chi connectivity index (χ4v) is 4.41. The molecule has 1 aliphatic rings. The van der Waals surface area contributed by atoms with Crippen LogP contribution in [0.1, 0.15) is 48.0 Å². The summed E-state index contributed by atoms with van der Waals surface area (Å²) in [5.41, 5.74) is 2.21. The van der Waals surface area contributed by atoms with E-state index in [0.717, 1.165) is 22.5 Å². The number of fused-ring (bicyclic) bond motifs is 1. The molecule has 2 N–H and O–H groups in total. The van der Waals surface area contributed by atoms with Crippen molar-refractivity contribution in [1.82, 2.24) is 0 Å². The molecular weight excluding hydrogens is 380 g/mol. The van der Waals surface area contributed by atoms with Crippen molar-refractivity contribution in [3.63, 3.8) is 0 Å². The van der Waals surface area contributed by atoms with Crippen LogP contribution < -0.4 is 10.6 Å². The Hall–Kier alpha value is -1.96. The monoisotopic (exact) mass is 404 g/mol. The van der Waals surface area contributed by atoms with Crippen LogP contribution in [0.25, 0.3) is 0 Å². The Labute approximate surface area is 169 Å². The number of esters is 1. The van der Waals surface area contributed by atoms with Gasteiger partial charge in [0.2, 0.25) is 0 Å². The zero-order valence-corrected chi connectivity index (χ0v) is 17.4. The van der Waals surface area contributed by atoms with Gasteiger partial charge in [-0.3, -0.25) is 0 Å². The van der Waals surface area contributed by atoms with Crippen LogP contribution in [0.3, 0.4) is 0 Å². The van der Waals surface area contributed by atoms with Crippen LogP contribution in [0.4, 0.5) is 10.7 Å². The highest BCUT2D eigenvalue weighted by molar-refractivity contribution is 7.80. The summed E-state index contributed by atoms with van der Waals surface area (Å²) in [6.07, 6.45) is 1.56. The third kappa shape index (κ3) is 4.48. The number of ether oxygens (including phenoxy) is 2. The van der Waals surface area contributed by atoms with Crippen LogP contribution >= 0.6 is 23.6 Å². The molecule has 1 aromatic heterocycles. The second-order valence-corrected chi connectivity index (χ2v) is 8.16. The summed E-state index contributed by atoms with van der Waals surface area (Å²) in [5, 5.41) is 7.46. The first-order valence-electron chi connectivity index (χ1n) is 9.04. The van der Waals surface area contributed by atoms with Crippen LogP contribution in [-0.2, 0) is 22.5 Å². The van der Waals surface area contributed by atoms with E-state index in [1.807, 2.05) is 37.3 Å². The molecule has 5 nitrogen and oxygen atoms in total. The van der Waals surface area contributed by atoms with Gasteiger partial charge in [0.1, 0.15) is 5.00 Å². The molecule has 2 heterocycles. The highest BCUT2D eigenvalue weighted by Gasteiger charge is 2.35. The minimum Gasteiger partial charge on any atom is -0.462 e. The highest BCUT2D eigenvalue weighted by Crippen LogP contribution is 2.41. The quantitative estimate of drug-likeness (QED) is 0.542. The van der Waals surface area contributed by atoms with Crippen molar-refractivity contribution in [3.05, 3.63) is 46.3 Å². The lowest BCUT2D eigenvalue weighted by atomic mass is 9.89. The second kappa shape index (κ2) is 8.37. The van der Waals surface area contributed by atoms with Gasteiger partial charge in [0, 0.05) is 17.0 Å². The first-order chi connectivity index (χ1) is 13.0. The van der Waals surface area contributed by atoms with E-state index in [9.17, 15) is 4.79 Å². The van der Waals surface area contributed by atoms with E-state index in [1.54, 1.807) is 0 Å². The molecule has 0 spiro atoms. The molecular formula is C20H24N2O3S2. The van der Waals surface area contributed by atoms with Gasteiger partial charge in [-0.1, -0.05) is 25.1 Å². The molecule has 0 radical (unpaired) electrons. The standard InChI is InChI=1S/C20H24N2O3S2/c1-4-20(3)11-14-15(12-25-20)27-17(16(14)18(23)24-5-2)22-19(26)21-13-9-7-6-8-10-13/h6-10H,4-5,11-12H2,1-3H3,(H2,21,22,26)/t20-/m1/s1. The molecule has 2 aromatic rings. The Bertz CT molecular complexity index is 835. The van der Waals surface area contributed by atoms with E-state index in [-0.39, 0.29) is 11.6 Å². The van der Waals surface area contributed by atoms with Crippen LogP contribution in [0.2, 0.25) is 0 Å². The number of thiocarbonyl (C=S) groups is 1. The fourth-order valence-electron chi connectivity index (χ4n) is 3.00. The number of para-hydroxylation sites is 1. The van der Waals surface area contributed by atoms with Crippen molar-refractivity contribution in [2.75, 3.05) is 17.2 Å². The van der Waals surface area contributed by atoms with Gasteiger partial charge in [0.15, 0.2) is 5.11 Å². The van der Waals surface area contributed by atoms with E-state index < -0.39 is 0 Å². The number of hydrogen-bond donors (Lipinski definition) is 2. The maximum absolute atomic E-state index is 12.7. The summed E-state index contributed by atoms with van der Waals surface area (Å²) in [6, 6.07) is 9.67. The third-order valence-corrected chi connectivity index (χ3v) is 6.00. The molecule has 0 fully saturated rings. The maximum atomic E-state index is 12.7. The lowest BCUT2D eigenvalue weighted by molar-refractivity contribution is -0.0548. The van der Waals surface area contributed by atoms with Crippen molar-refractivity contribution < 1.29 is 14.3 Å². The summed E-state index contributed by atoms with van der Waals surface area (Å²) in [5.74, 6) is -0.319. The molecule has 0 unspecified atom stereocenters. The molecule has 144 valence electrons. The van der Waals surface area contributed by atoms with Crippen LogP contribution in [0.15, 0.2) is 30.3 Å². The van der Waals surface area contributed by atoms with Gasteiger partial charge in [-0.05, 0) is 50.2 Å². The molecule has 1 aliphatic heterocycles. The van der Waals surface area contributed by atoms with Gasteiger partial charge in [-0.15, -0.1) is 11.3 Å². The lowest BCUT2D eigenvalue weighted by Gasteiger charge is -2.33. The summed E-state index contributed by atoms with van der Waals surface area (Å²) < 4.78 is 11.3. The zero-order valence-electron chi connectivity index (χ0n) is 15.8. The molecule has 7 heteroatoms. The molecule has 27 heavy (non-hydrogen) atoms. The normalized spacial score (nSPS) is 18.5. The summed E-state index contributed by atoms with van der Waals surface area (Å²) in [4.78, 5) is 13.7. The summed E-state index contributed by atoms with van der Waals surface area (Å²) >= 11 is 6.94. The number of thiophene rings is 1. The van der Waals surface area contributed by atoms with E-state index in [4.69, 9.17) is 21.7 Å². The van der Waals surface area contributed by atoms with Gasteiger partial charge in [0.25, 0.3) is 0 Å². The number of hydrogen-bond acceptors (Lipinski definition) is 5. The molecule has 0 saturated heterocycles. The minimum atomic E-state index is -0.319. The van der Waals surface area contributed by atoms with Crippen molar-refractivity contribution in [3.8, 4) is 0 Å². The number of nitrogens with one attached hydrogen (secondary N) is 2. The van der Waals surface area contributed by atoms with Crippen molar-refractivity contribution >= 4 is 45.3 Å². The smallest absolute Gasteiger partial charge is 0.341 e. The van der Waals surface area contributed by atoms with E-state index in [2.05, 4.69) is 24.5 Å². The predicted molar refractivity (Wildman–Crippen MR) is 114 cm³/mol. The first kappa shape index (κ1) is 19.8. The van der Waals surface area contributed by atoms with E-state index in [1.165, 1.54) is 11.3 Å². The SMILES string of the molecule is CCOC(=O)c1c(NC(=S)Nc2ccccc2)sc2c1C[C@@](C)(CC)OC2. The zero-order chi connectivity index (χ0) is 19.4. The predicted octanol–water partition coefficient (Wildman–Crippen LogP) is 4.98. The summed E-state index contributed by atoms with van der Waals surface area (Å²) in [7, 11) is 0. The van der Waals surface area contributed by atoms with Crippen molar-refractivity contribution in [2.45, 2.75) is 45.8 Å². The average Bonchev–Trinajstić information content (AvgIpc) is 2.99. The van der Waals surface area contributed by atoms with Crippen molar-refractivity contribution in [2.24, 2.45) is 0 Å². The highest BCUT2D eigenvalue weighted by atomic mass is 32.1. The summed E-state index contributed by atoms with van der Waals surface area (Å²) in [6.45, 7) is 6.82. The Morgan fingerprint density at radius 1 is 1.30 bits per heavy atom. The molecule has 1 aromatic carbocycles. The van der Waals surface area contributed by atoms with Crippen molar-refractivity contribution in [1.29, 1.82) is 0 Å². The van der Waals surface area contributed by atoms with E-state index >= 15 is 0 Å². The topological polar surface area (TPSA) is 59.6 Å². The first-order valence-corrected chi connectivity index (χ1v) is 10.3. The van der Waals surface area contributed by atoms with Gasteiger partial charge in [0.05, 0.1) is 24.4 Å². The third-order valence-electron chi connectivity index (χ3n) is 4.68. The molecule has 0 bridgehead atoms. The van der Waals surface area contributed by atoms with Crippen LogP contribution in [-0.4, -0.2) is 23.3 Å². The molecule has 3 rings (SSSR count). The molecule has 1 atom stereocenters. The number of benzene rings is 1. The van der Waals surface area contributed by atoms with Crippen LogP contribution in [0.5, 0.6) is 0 Å². The fraction of sp³-hybridized carbons (Fsp3) is 0.400. The van der Waals surface area contributed by atoms with Gasteiger partial charge in [-0.25, -0.2) is 4.79 Å². The Morgan fingerprint density at radius 2 is 2.04 bits per heavy atom. The molecule has 0 aliphatic carbocycles. The van der Waals surface area contributed by atoms with Gasteiger partial charge >= 0.3 is 5.97 Å². The average molecular weight is 405 g/mol. The van der Waals surface area contributed by atoms with Gasteiger partial charge in [-0.2, -0.15) is 0 Å². The number of rotatable bonds is 5. The van der Waals surface area contributed by atoms with E-state index in [0.29, 0.717) is 35.3 Å². The van der Waals surface area contributed by atoms with Crippen LogP contribution in [0, 0.1) is 0 Å². The maximum Gasteiger partial charge on any atom is 0.341 e. The Kier molecular flexibility index (Phi) is 6.14. The Balaban J connectivity index is 1.88. The molecule has 0 amide bonds. The lowest BCUT2D eigenvalue weighted by Crippen LogP contribution is -2.34. The number of carbonyl (C=O) groups excluding carboxylic acids is 1. The molecule has 0 saturated carbocycles. The van der Waals surface area contributed by atoms with Gasteiger partial charge < -0.3 is 20.1 Å². The number of carbonyl (C=O) groups is 1. The largest absolute Gasteiger partial charge is 0.462 e. The number of anilines is 2. The Morgan fingerprint density at radius 3 is 2.70 bits per heavy atom. The second-order valence-electron chi connectivity index (χ2n) is 6.64. The minimum absolute atomic E-state index is 0.268.